The molecule has 112 valence electrons. The molecule has 1 aromatic rings. The molecule has 0 aliphatic carbocycles. The van der Waals surface area contributed by atoms with Crippen LogP contribution < -0.4 is 5.32 Å². The monoisotopic (exact) mass is 298 g/mol. The van der Waals surface area contributed by atoms with E-state index in [4.69, 9.17) is 0 Å². The van der Waals surface area contributed by atoms with E-state index < -0.39 is 10.0 Å². The van der Waals surface area contributed by atoms with Crippen LogP contribution in [0.15, 0.2) is 23.2 Å². The van der Waals surface area contributed by atoms with Crippen LogP contribution in [-0.4, -0.2) is 62.9 Å². The second-order valence-electron chi connectivity index (χ2n) is 5.30. The average molecular weight is 298 g/mol. The van der Waals surface area contributed by atoms with Crippen molar-refractivity contribution >= 4 is 15.8 Å². The number of rotatable bonds is 5. The van der Waals surface area contributed by atoms with E-state index in [1.807, 2.05) is 19.0 Å². The molecule has 20 heavy (non-hydrogen) atoms. The van der Waals surface area contributed by atoms with Gasteiger partial charge in [-0.25, -0.2) is 13.4 Å². The van der Waals surface area contributed by atoms with Crippen molar-refractivity contribution in [2.45, 2.75) is 23.8 Å². The molecule has 1 aliphatic rings. The molecule has 0 amide bonds. The predicted octanol–water partition coefficient (Wildman–Crippen LogP) is 0.838. The van der Waals surface area contributed by atoms with E-state index in [-0.39, 0.29) is 10.9 Å². The third-order valence-corrected chi connectivity index (χ3v) is 5.43. The topological polar surface area (TPSA) is 65.5 Å². The number of aromatic nitrogens is 1. The first-order valence-electron chi connectivity index (χ1n) is 6.75. The number of nitrogens with one attached hydrogen (secondary N) is 1. The molecular weight excluding hydrogens is 276 g/mol. The Hall–Kier alpha value is -1.18. The van der Waals surface area contributed by atoms with Gasteiger partial charge in [0.15, 0.2) is 0 Å². The summed E-state index contributed by atoms with van der Waals surface area (Å²) in [5.41, 5.74) is 0. The Kier molecular flexibility index (Phi) is 4.62. The summed E-state index contributed by atoms with van der Waals surface area (Å²) in [6, 6.07) is 3.35. The van der Waals surface area contributed by atoms with E-state index >= 15 is 0 Å². The van der Waals surface area contributed by atoms with Crippen molar-refractivity contribution in [1.29, 1.82) is 0 Å². The zero-order valence-electron chi connectivity index (χ0n) is 12.2. The fourth-order valence-corrected chi connectivity index (χ4v) is 4.18. The molecule has 0 saturated carbocycles. The lowest BCUT2D eigenvalue weighted by atomic mass is 10.2. The highest BCUT2D eigenvalue weighted by Crippen LogP contribution is 2.26. The first-order valence-corrected chi connectivity index (χ1v) is 8.19. The molecule has 0 radical (unpaired) electrons. The summed E-state index contributed by atoms with van der Waals surface area (Å²) in [4.78, 5) is 6.39. The summed E-state index contributed by atoms with van der Waals surface area (Å²) in [6.07, 6.45) is 3.26. The predicted molar refractivity (Wildman–Crippen MR) is 79.3 cm³/mol. The molecule has 6 nitrogen and oxygen atoms in total. The molecule has 1 unspecified atom stereocenters. The van der Waals surface area contributed by atoms with Crippen LogP contribution in [0.3, 0.4) is 0 Å². The van der Waals surface area contributed by atoms with E-state index in [9.17, 15) is 8.42 Å². The summed E-state index contributed by atoms with van der Waals surface area (Å²) in [6.45, 7) is 1.34. The zero-order chi connectivity index (χ0) is 14.8. The van der Waals surface area contributed by atoms with Gasteiger partial charge < -0.3 is 10.2 Å². The van der Waals surface area contributed by atoms with Crippen molar-refractivity contribution in [3.05, 3.63) is 18.3 Å². The van der Waals surface area contributed by atoms with Crippen molar-refractivity contribution in [1.82, 2.24) is 14.2 Å². The number of pyridine rings is 1. The van der Waals surface area contributed by atoms with Crippen LogP contribution >= 0.6 is 0 Å². The molecule has 1 fully saturated rings. The summed E-state index contributed by atoms with van der Waals surface area (Å²) in [5.74, 6) is 0.662. The van der Waals surface area contributed by atoms with E-state index in [1.165, 1.54) is 6.20 Å². The molecule has 0 aromatic carbocycles. The molecule has 7 heteroatoms. The molecule has 2 rings (SSSR count). The summed E-state index contributed by atoms with van der Waals surface area (Å²) in [5, 5.41) is 2.88. The zero-order valence-corrected chi connectivity index (χ0v) is 13.0. The second kappa shape index (κ2) is 6.07. The summed E-state index contributed by atoms with van der Waals surface area (Å²) in [7, 11) is 2.24. The number of likely N-dealkylation sites (N-methyl/N-ethyl adjacent to an activating group) is 1. The van der Waals surface area contributed by atoms with Gasteiger partial charge in [-0.1, -0.05) is 0 Å². The van der Waals surface area contributed by atoms with Crippen LogP contribution in [0.4, 0.5) is 5.82 Å². The normalized spacial score (nSPS) is 20.5. The number of sulfonamides is 1. The van der Waals surface area contributed by atoms with Crippen molar-refractivity contribution in [3.8, 4) is 0 Å². The van der Waals surface area contributed by atoms with E-state index in [2.05, 4.69) is 10.3 Å². The number of hydrogen-bond acceptors (Lipinski definition) is 5. The highest BCUT2D eigenvalue weighted by atomic mass is 32.2. The third-order valence-electron chi connectivity index (χ3n) is 3.50. The molecular formula is C13H22N4O2S. The Morgan fingerprint density at radius 3 is 2.75 bits per heavy atom. The first kappa shape index (κ1) is 15.2. The fraction of sp³-hybridized carbons (Fsp3) is 0.615. The molecule has 1 saturated heterocycles. The van der Waals surface area contributed by atoms with Crippen LogP contribution in [0.1, 0.15) is 12.8 Å². The van der Waals surface area contributed by atoms with Crippen molar-refractivity contribution in [2.75, 3.05) is 39.5 Å². The fourth-order valence-electron chi connectivity index (χ4n) is 2.55. The van der Waals surface area contributed by atoms with Crippen LogP contribution in [0.25, 0.3) is 0 Å². The Balaban J connectivity index is 2.24. The van der Waals surface area contributed by atoms with Crippen LogP contribution in [0.2, 0.25) is 0 Å². The average Bonchev–Trinajstić information content (AvgIpc) is 2.87. The molecule has 1 atom stereocenters. The molecule has 1 aliphatic heterocycles. The Morgan fingerprint density at radius 1 is 1.45 bits per heavy atom. The Labute approximate surface area is 120 Å². The number of anilines is 1. The second-order valence-corrected chi connectivity index (χ2v) is 7.19. The molecule has 0 bridgehead atoms. The van der Waals surface area contributed by atoms with Gasteiger partial charge in [0, 0.05) is 32.4 Å². The summed E-state index contributed by atoms with van der Waals surface area (Å²) < 4.78 is 27.0. The number of hydrogen-bond donors (Lipinski definition) is 1. The lowest BCUT2D eigenvalue weighted by Gasteiger charge is -2.26. The minimum absolute atomic E-state index is 0.0546. The number of nitrogens with zero attached hydrogens (tertiary/aromatic N) is 3. The molecule has 1 N–H and O–H groups in total. The standard InChI is InChI=1S/C13H22N4O2S/c1-14-13-7-6-12(9-15-13)20(18,19)17-8-4-5-11(17)10-16(2)3/h6-7,9,11H,4-5,8,10H2,1-3H3,(H,14,15). The molecule has 0 spiro atoms. The van der Waals surface area contributed by atoms with Gasteiger partial charge in [-0.05, 0) is 39.1 Å². The SMILES string of the molecule is CNc1ccc(S(=O)(=O)N2CCCC2CN(C)C)cn1. The summed E-state index contributed by atoms with van der Waals surface area (Å²) >= 11 is 0. The maximum absolute atomic E-state index is 12.7. The van der Waals surface area contributed by atoms with E-state index in [0.717, 1.165) is 19.4 Å². The lowest BCUT2D eigenvalue weighted by molar-refractivity contribution is 0.291. The quantitative estimate of drug-likeness (QED) is 0.872. The van der Waals surface area contributed by atoms with Crippen molar-refractivity contribution < 1.29 is 8.42 Å². The van der Waals surface area contributed by atoms with Gasteiger partial charge in [-0.15, -0.1) is 0 Å². The van der Waals surface area contributed by atoms with Crippen molar-refractivity contribution in [2.24, 2.45) is 0 Å². The molecule has 1 aromatic heterocycles. The van der Waals surface area contributed by atoms with Gasteiger partial charge in [-0.2, -0.15) is 4.31 Å². The lowest BCUT2D eigenvalue weighted by Crippen LogP contribution is -2.41. The maximum atomic E-state index is 12.7. The van der Waals surface area contributed by atoms with Crippen molar-refractivity contribution in [3.63, 3.8) is 0 Å². The van der Waals surface area contributed by atoms with E-state index in [0.29, 0.717) is 12.4 Å². The smallest absolute Gasteiger partial charge is 0.244 e. The van der Waals surface area contributed by atoms with Gasteiger partial charge in [0.25, 0.3) is 0 Å². The highest BCUT2D eigenvalue weighted by molar-refractivity contribution is 7.89. The first-order chi connectivity index (χ1) is 9.45. The Morgan fingerprint density at radius 2 is 2.20 bits per heavy atom. The van der Waals surface area contributed by atoms with Gasteiger partial charge >= 0.3 is 0 Å². The highest BCUT2D eigenvalue weighted by Gasteiger charge is 2.35. The largest absolute Gasteiger partial charge is 0.373 e. The van der Waals surface area contributed by atoms with Gasteiger partial charge in [0.05, 0.1) is 0 Å². The van der Waals surface area contributed by atoms with Crippen LogP contribution in [-0.2, 0) is 10.0 Å². The van der Waals surface area contributed by atoms with Crippen LogP contribution in [0.5, 0.6) is 0 Å². The van der Waals surface area contributed by atoms with Gasteiger partial charge in [0.2, 0.25) is 10.0 Å². The van der Waals surface area contributed by atoms with Crippen LogP contribution in [0, 0.1) is 0 Å². The minimum atomic E-state index is -3.44. The maximum Gasteiger partial charge on any atom is 0.244 e. The van der Waals surface area contributed by atoms with E-state index in [1.54, 1.807) is 23.5 Å². The van der Waals surface area contributed by atoms with Gasteiger partial charge in [0.1, 0.15) is 10.7 Å². The molecule has 2 heterocycles. The third kappa shape index (κ3) is 3.11. The Bertz CT molecular complexity index is 542. The van der Waals surface area contributed by atoms with Gasteiger partial charge in [-0.3, -0.25) is 0 Å². The minimum Gasteiger partial charge on any atom is -0.373 e.